The van der Waals surface area contributed by atoms with E-state index in [9.17, 15) is 14.9 Å². The standard InChI is InChI=1S/C10H6ClN5O3/c11-8-2-1-7(16(18)19)9(14-8)15-10(17)6-3-12-5-13-4-6/h1-5H,(H,14,15,17). The lowest BCUT2D eigenvalue weighted by Crippen LogP contribution is -2.14. The molecule has 8 nitrogen and oxygen atoms in total. The van der Waals surface area contributed by atoms with Gasteiger partial charge in [-0.1, -0.05) is 11.6 Å². The average Bonchev–Trinajstić information content (AvgIpc) is 2.39. The van der Waals surface area contributed by atoms with Gasteiger partial charge in [0.15, 0.2) is 0 Å². The zero-order valence-electron chi connectivity index (χ0n) is 9.28. The second-order valence-corrected chi connectivity index (χ2v) is 3.73. The Morgan fingerprint density at radius 3 is 2.63 bits per heavy atom. The van der Waals surface area contributed by atoms with Crippen molar-refractivity contribution in [2.24, 2.45) is 0 Å². The molecule has 0 spiro atoms. The molecule has 1 amide bonds. The molecule has 2 heterocycles. The number of rotatable bonds is 3. The summed E-state index contributed by atoms with van der Waals surface area (Å²) in [6.07, 6.45) is 3.81. The van der Waals surface area contributed by atoms with E-state index in [1.54, 1.807) is 0 Å². The highest BCUT2D eigenvalue weighted by Crippen LogP contribution is 2.24. The minimum Gasteiger partial charge on any atom is -0.301 e. The Balaban J connectivity index is 2.31. The zero-order valence-corrected chi connectivity index (χ0v) is 10.0. The normalized spacial score (nSPS) is 9.95. The molecule has 0 aliphatic rings. The maximum Gasteiger partial charge on any atom is 0.311 e. The average molecular weight is 280 g/mol. The van der Waals surface area contributed by atoms with E-state index in [1.807, 2.05) is 0 Å². The van der Waals surface area contributed by atoms with Gasteiger partial charge in [-0.2, -0.15) is 0 Å². The molecular weight excluding hydrogens is 274 g/mol. The number of nitro groups is 1. The fourth-order valence-electron chi connectivity index (χ4n) is 1.26. The Morgan fingerprint density at radius 1 is 1.32 bits per heavy atom. The van der Waals surface area contributed by atoms with E-state index in [2.05, 4.69) is 20.3 Å². The molecule has 19 heavy (non-hydrogen) atoms. The third-order valence-electron chi connectivity index (χ3n) is 2.09. The molecule has 0 unspecified atom stereocenters. The van der Waals surface area contributed by atoms with Gasteiger partial charge in [-0.05, 0) is 6.07 Å². The van der Waals surface area contributed by atoms with Crippen molar-refractivity contribution in [2.45, 2.75) is 0 Å². The lowest BCUT2D eigenvalue weighted by atomic mass is 10.3. The summed E-state index contributed by atoms with van der Waals surface area (Å²) < 4.78 is 0. The van der Waals surface area contributed by atoms with Crippen molar-refractivity contribution in [1.82, 2.24) is 15.0 Å². The summed E-state index contributed by atoms with van der Waals surface area (Å²) in [5, 5.41) is 13.1. The number of anilines is 1. The second-order valence-electron chi connectivity index (χ2n) is 3.34. The number of aromatic nitrogens is 3. The zero-order chi connectivity index (χ0) is 13.8. The fourth-order valence-corrected chi connectivity index (χ4v) is 1.41. The van der Waals surface area contributed by atoms with E-state index in [0.29, 0.717) is 0 Å². The van der Waals surface area contributed by atoms with Gasteiger partial charge in [0.2, 0.25) is 5.82 Å². The van der Waals surface area contributed by atoms with Crippen LogP contribution < -0.4 is 5.32 Å². The maximum absolute atomic E-state index is 11.8. The molecular formula is C10H6ClN5O3. The summed E-state index contributed by atoms with van der Waals surface area (Å²) in [4.78, 5) is 33.0. The molecule has 0 bridgehead atoms. The third-order valence-corrected chi connectivity index (χ3v) is 2.30. The highest BCUT2D eigenvalue weighted by molar-refractivity contribution is 6.29. The van der Waals surface area contributed by atoms with Crippen LogP contribution in [-0.2, 0) is 0 Å². The molecule has 0 atom stereocenters. The minimum atomic E-state index is -0.666. The number of carbonyl (C=O) groups excluding carboxylic acids is 1. The van der Waals surface area contributed by atoms with Crippen LogP contribution in [0.2, 0.25) is 5.15 Å². The van der Waals surface area contributed by atoms with Crippen molar-refractivity contribution < 1.29 is 9.72 Å². The number of pyridine rings is 1. The first kappa shape index (κ1) is 12.8. The number of nitrogens with zero attached hydrogens (tertiary/aromatic N) is 4. The van der Waals surface area contributed by atoms with E-state index in [4.69, 9.17) is 11.6 Å². The van der Waals surface area contributed by atoms with Crippen LogP contribution in [0.5, 0.6) is 0 Å². The molecule has 2 aromatic heterocycles. The van der Waals surface area contributed by atoms with Crippen molar-refractivity contribution in [3.05, 3.63) is 51.7 Å². The number of amides is 1. The van der Waals surface area contributed by atoms with E-state index in [0.717, 1.165) is 6.07 Å². The van der Waals surface area contributed by atoms with Gasteiger partial charge in [-0.25, -0.2) is 15.0 Å². The summed E-state index contributed by atoms with van der Waals surface area (Å²) >= 11 is 5.64. The Kier molecular flexibility index (Phi) is 3.62. The molecule has 0 saturated heterocycles. The van der Waals surface area contributed by atoms with E-state index in [-0.39, 0.29) is 22.2 Å². The number of nitrogens with one attached hydrogen (secondary N) is 1. The number of halogens is 1. The van der Waals surface area contributed by atoms with Gasteiger partial charge in [0.25, 0.3) is 5.91 Å². The minimum absolute atomic E-state index is 0.0326. The Labute approximate surface area is 111 Å². The predicted octanol–water partition coefficient (Wildman–Crippen LogP) is 1.69. The Bertz CT molecular complexity index is 634. The second kappa shape index (κ2) is 5.36. The molecule has 0 aromatic carbocycles. The van der Waals surface area contributed by atoms with Crippen LogP contribution in [0.3, 0.4) is 0 Å². The molecule has 0 saturated carbocycles. The molecule has 2 aromatic rings. The summed E-state index contributed by atoms with van der Waals surface area (Å²) in [5.74, 6) is -0.843. The Hall–Kier alpha value is -2.61. The fraction of sp³-hybridized carbons (Fsp3) is 0. The van der Waals surface area contributed by atoms with Crippen molar-refractivity contribution in [2.75, 3.05) is 5.32 Å². The van der Waals surface area contributed by atoms with Gasteiger partial charge in [0.1, 0.15) is 11.5 Å². The van der Waals surface area contributed by atoms with Crippen molar-refractivity contribution >= 4 is 29.0 Å². The SMILES string of the molecule is O=C(Nc1nc(Cl)ccc1[N+](=O)[O-])c1cncnc1. The van der Waals surface area contributed by atoms with Crippen LogP contribution in [0, 0.1) is 10.1 Å². The van der Waals surface area contributed by atoms with Gasteiger partial charge < -0.3 is 5.32 Å². The van der Waals surface area contributed by atoms with Crippen LogP contribution >= 0.6 is 11.6 Å². The first-order chi connectivity index (χ1) is 9.08. The molecule has 96 valence electrons. The highest BCUT2D eigenvalue weighted by Gasteiger charge is 2.18. The molecule has 0 radical (unpaired) electrons. The number of hydrogen-bond donors (Lipinski definition) is 1. The van der Waals surface area contributed by atoms with Crippen LogP contribution in [0.15, 0.2) is 30.9 Å². The summed E-state index contributed by atoms with van der Waals surface area (Å²) in [6.45, 7) is 0. The van der Waals surface area contributed by atoms with Gasteiger partial charge in [-0.3, -0.25) is 14.9 Å². The van der Waals surface area contributed by atoms with Crippen molar-refractivity contribution in [3.63, 3.8) is 0 Å². The van der Waals surface area contributed by atoms with E-state index < -0.39 is 10.8 Å². The quantitative estimate of drug-likeness (QED) is 0.520. The first-order valence-electron chi connectivity index (χ1n) is 4.95. The molecule has 0 aliphatic heterocycles. The van der Waals surface area contributed by atoms with Gasteiger partial charge in [0.05, 0.1) is 10.5 Å². The van der Waals surface area contributed by atoms with Gasteiger partial charge in [-0.15, -0.1) is 0 Å². The van der Waals surface area contributed by atoms with E-state index >= 15 is 0 Å². The largest absolute Gasteiger partial charge is 0.311 e. The van der Waals surface area contributed by atoms with Crippen molar-refractivity contribution in [3.8, 4) is 0 Å². The van der Waals surface area contributed by atoms with Crippen LogP contribution in [0.4, 0.5) is 11.5 Å². The third kappa shape index (κ3) is 2.99. The molecule has 9 heteroatoms. The summed E-state index contributed by atoms with van der Waals surface area (Å²) in [7, 11) is 0. The lowest BCUT2D eigenvalue weighted by Gasteiger charge is -2.04. The smallest absolute Gasteiger partial charge is 0.301 e. The summed E-state index contributed by atoms with van der Waals surface area (Å²) in [6, 6.07) is 2.42. The molecule has 1 N–H and O–H groups in total. The molecule has 0 aliphatic carbocycles. The first-order valence-corrected chi connectivity index (χ1v) is 5.33. The van der Waals surface area contributed by atoms with Crippen LogP contribution in [-0.4, -0.2) is 25.8 Å². The van der Waals surface area contributed by atoms with Crippen molar-refractivity contribution in [1.29, 1.82) is 0 Å². The summed E-state index contributed by atoms with van der Waals surface area (Å²) in [5.41, 5.74) is -0.201. The van der Waals surface area contributed by atoms with E-state index in [1.165, 1.54) is 24.8 Å². The highest BCUT2D eigenvalue weighted by atomic mass is 35.5. The molecule has 2 rings (SSSR count). The van der Waals surface area contributed by atoms with Gasteiger partial charge >= 0.3 is 5.69 Å². The number of carbonyl (C=O) groups is 1. The maximum atomic E-state index is 11.8. The predicted molar refractivity (Wildman–Crippen MR) is 65.9 cm³/mol. The van der Waals surface area contributed by atoms with Gasteiger partial charge in [0, 0.05) is 18.5 Å². The Morgan fingerprint density at radius 2 is 2.00 bits per heavy atom. The topological polar surface area (TPSA) is 111 Å². The van der Waals surface area contributed by atoms with Crippen LogP contribution in [0.25, 0.3) is 0 Å². The lowest BCUT2D eigenvalue weighted by molar-refractivity contribution is -0.384. The monoisotopic (exact) mass is 279 g/mol. The molecule has 0 fully saturated rings. The van der Waals surface area contributed by atoms with Crippen LogP contribution in [0.1, 0.15) is 10.4 Å². The number of hydrogen-bond acceptors (Lipinski definition) is 6.